The third kappa shape index (κ3) is 3.21. The van der Waals surface area contributed by atoms with Gasteiger partial charge in [-0.2, -0.15) is 9.61 Å². The fourth-order valence-corrected chi connectivity index (χ4v) is 3.21. The summed E-state index contributed by atoms with van der Waals surface area (Å²) in [4.78, 5) is 12.7. The number of aryl methyl sites for hydroxylation is 2. The Morgan fingerprint density at radius 1 is 1.36 bits per heavy atom. The van der Waals surface area contributed by atoms with Crippen LogP contribution in [0.5, 0.6) is 0 Å². The van der Waals surface area contributed by atoms with Crippen molar-refractivity contribution in [1.82, 2.24) is 19.8 Å². The first-order chi connectivity index (χ1) is 10.5. The number of rotatable bonds is 4. The number of hydrogen-bond acceptors (Lipinski definition) is 5. The molecule has 2 heterocycles. The third-order valence-corrected chi connectivity index (χ3v) is 4.47. The molecule has 3 aromatic rings. The van der Waals surface area contributed by atoms with E-state index in [9.17, 15) is 4.79 Å². The smallest absolute Gasteiger partial charge is 0.234 e. The van der Waals surface area contributed by atoms with E-state index in [4.69, 9.17) is 23.2 Å². The van der Waals surface area contributed by atoms with Gasteiger partial charge in [-0.25, -0.2) is 0 Å². The van der Waals surface area contributed by atoms with Crippen LogP contribution in [0, 0.1) is 6.92 Å². The molecule has 0 saturated heterocycles. The molecule has 0 radical (unpaired) electrons. The highest BCUT2D eigenvalue weighted by Crippen LogP contribution is 2.25. The van der Waals surface area contributed by atoms with E-state index in [2.05, 4.69) is 20.6 Å². The Hall–Kier alpha value is -1.70. The average Bonchev–Trinajstić information content (AvgIpc) is 3.02. The van der Waals surface area contributed by atoms with Crippen molar-refractivity contribution in [3.8, 4) is 0 Å². The van der Waals surface area contributed by atoms with Crippen LogP contribution in [-0.2, 0) is 11.2 Å². The number of hydrogen-bond donors (Lipinski definition) is 1. The lowest BCUT2D eigenvalue weighted by atomic mass is 10.2. The van der Waals surface area contributed by atoms with Gasteiger partial charge in [-0.3, -0.25) is 4.79 Å². The first kappa shape index (κ1) is 15.2. The molecule has 0 aliphatic carbocycles. The maximum absolute atomic E-state index is 12.0. The van der Waals surface area contributed by atoms with Gasteiger partial charge in [0, 0.05) is 17.9 Å². The minimum absolute atomic E-state index is 0.132. The van der Waals surface area contributed by atoms with Gasteiger partial charge in [0.2, 0.25) is 10.9 Å². The zero-order valence-corrected chi connectivity index (χ0v) is 13.8. The summed E-state index contributed by atoms with van der Waals surface area (Å²) in [5, 5.41) is 16.8. The zero-order valence-electron chi connectivity index (χ0n) is 11.5. The predicted molar refractivity (Wildman–Crippen MR) is 86.8 cm³/mol. The molecule has 0 unspecified atom stereocenters. The number of benzene rings is 1. The number of halogens is 2. The Kier molecular flexibility index (Phi) is 4.28. The molecule has 0 saturated carbocycles. The Morgan fingerprint density at radius 2 is 2.18 bits per heavy atom. The maximum Gasteiger partial charge on any atom is 0.234 e. The fraction of sp³-hybridized carbons (Fsp3) is 0.231. The summed E-state index contributed by atoms with van der Waals surface area (Å²) in [6.45, 7) is 1.83. The van der Waals surface area contributed by atoms with E-state index in [0.717, 1.165) is 15.8 Å². The first-order valence-corrected chi connectivity index (χ1v) is 8.03. The van der Waals surface area contributed by atoms with Gasteiger partial charge in [-0.15, -0.1) is 10.2 Å². The van der Waals surface area contributed by atoms with E-state index in [0.29, 0.717) is 28.6 Å². The molecule has 1 amide bonds. The molecule has 0 bridgehead atoms. The van der Waals surface area contributed by atoms with Crippen molar-refractivity contribution in [2.45, 2.75) is 19.8 Å². The number of carbonyl (C=O) groups is 1. The number of anilines is 1. The van der Waals surface area contributed by atoms with Gasteiger partial charge in [0.15, 0.2) is 5.82 Å². The normalized spacial score (nSPS) is 11.0. The van der Waals surface area contributed by atoms with Crippen LogP contribution >= 0.6 is 34.5 Å². The number of amides is 1. The highest BCUT2D eigenvalue weighted by Gasteiger charge is 2.11. The Labute approximate surface area is 140 Å². The van der Waals surface area contributed by atoms with Crippen LogP contribution in [0.25, 0.3) is 4.96 Å². The minimum Gasteiger partial charge on any atom is -0.325 e. The molecule has 0 spiro atoms. The summed E-state index contributed by atoms with van der Waals surface area (Å²) < 4.78 is 1.67. The standard InChI is InChI=1S/C13H11Cl2N5OS/c1-7-17-18-13-20(7)19-12(22-13)5-4-11(21)16-10-3-2-8(14)6-9(10)15/h2-3,6H,4-5H2,1H3,(H,16,21). The van der Waals surface area contributed by atoms with Crippen LogP contribution in [-0.4, -0.2) is 25.7 Å². The number of aromatic nitrogens is 4. The Bertz CT molecular complexity index is 844. The molecule has 1 N–H and O–H groups in total. The summed E-state index contributed by atoms with van der Waals surface area (Å²) in [6, 6.07) is 4.94. The lowest BCUT2D eigenvalue weighted by Crippen LogP contribution is -2.12. The van der Waals surface area contributed by atoms with Gasteiger partial charge in [0.1, 0.15) is 5.01 Å². The molecular weight excluding hydrogens is 345 g/mol. The molecule has 0 aliphatic heterocycles. The number of nitrogens with one attached hydrogen (secondary N) is 1. The molecule has 0 fully saturated rings. The van der Waals surface area contributed by atoms with Crippen LogP contribution in [0.4, 0.5) is 5.69 Å². The van der Waals surface area contributed by atoms with Crippen molar-refractivity contribution in [3.63, 3.8) is 0 Å². The molecule has 9 heteroatoms. The van der Waals surface area contributed by atoms with Crippen LogP contribution in [0.3, 0.4) is 0 Å². The topological polar surface area (TPSA) is 72.2 Å². The number of carbonyl (C=O) groups excluding carboxylic acids is 1. The van der Waals surface area contributed by atoms with E-state index in [1.54, 1.807) is 22.7 Å². The largest absolute Gasteiger partial charge is 0.325 e. The van der Waals surface area contributed by atoms with Gasteiger partial charge < -0.3 is 5.32 Å². The summed E-state index contributed by atoms with van der Waals surface area (Å²) >= 11 is 13.3. The Morgan fingerprint density at radius 3 is 2.91 bits per heavy atom. The van der Waals surface area contributed by atoms with E-state index >= 15 is 0 Å². The minimum atomic E-state index is -0.132. The lowest BCUT2D eigenvalue weighted by Gasteiger charge is -2.06. The van der Waals surface area contributed by atoms with Crippen molar-refractivity contribution in [2.24, 2.45) is 0 Å². The number of nitrogens with zero attached hydrogens (tertiary/aromatic N) is 4. The molecule has 3 rings (SSSR count). The van der Waals surface area contributed by atoms with E-state index in [1.807, 2.05) is 6.92 Å². The van der Waals surface area contributed by atoms with Gasteiger partial charge in [0.05, 0.1) is 10.7 Å². The monoisotopic (exact) mass is 355 g/mol. The van der Waals surface area contributed by atoms with Crippen LogP contribution in [0.2, 0.25) is 10.0 Å². The van der Waals surface area contributed by atoms with Crippen molar-refractivity contribution in [1.29, 1.82) is 0 Å². The quantitative estimate of drug-likeness (QED) is 0.778. The lowest BCUT2D eigenvalue weighted by molar-refractivity contribution is -0.116. The van der Waals surface area contributed by atoms with Gasteiger partial charge in [-0.05, 0) is 25.1 Å². The van der Waals surface area contributed by atoms with Crippen molar-refractivity contribution in [2.75, 3.05) is 5.32 Å². The molecule has 0 atom stereocenters. The summed E-state index contributed by atoms with van der Waals surface area (Å²) in [7, 11) is 0. The molecule has 2 aromatic heterocycles. The first-order valence-electron chi connectivity index (χ1n) is 6.45. The van der Waals surface area contributed by atoms with Crippen LogP contribution < -0.4 is 5.32 Å². The summed E-state index contributed by atoms with van der Waals surface area (Å²) in [6.07, 6.45) is 0.840. The van der Waals surface area contributed by atoms with Gasteiger partial charge in [-0.1, -0.05) is 34.5 Å². The summed E-state index contributed by atoms with van der Waals surface area (Å²) in [5.74, 6) is 0.599. The zero-order chi connectivity index (χ0) is 15.7. The maximum atomic E-state index is 12.0. The van der Waals surface area contributed by atoms with Crippen molar-refractivity contribution < 1.29 is 4.79 Å². The predicted octanol–water partition coefficient (Wildman–Crippen LogP) is 3.37. The molecule has 114 valence electrons. The third-order valence-electron chi connectivity index (χ3n) is 2.96. The highest BCUT2D eigenvalue weighted by molar-refractivity contribution is 7.16. The molecule has 22 heavy (non-hydrogen) atoms. The molecule has 0 aliphatic rings. The second-order valence-corrected chi connectivity index (χ2v) is 6.49. The fourth-order valence-electron chi connectivity index (χ4n) is 1.88. The second kappa shape index (κ2) is 6.20. The molecule has 6 nitrogen and oxygen atoms in total. The average molecular weight is 356 g/mol. The van der Waals surface area contributed by atoms with Crippen LogP contribution in [0.1, 0.15) is 17.3 Å². The molecule has 1 aromatic carbocycles. The van der Waals surface area contributed by atoms with E-state index in [1.165, 1.54) is 11.3 Å². The number of fused-ring (bicyclic) bond motifs is 1. The van der Waals surface area contributed by atoms with Crippen molar-refractivity contribution in [3.05, 3.63) is 39.1 Å². The molecular formula is C13H11Cl2N5OS. The Balaban J connectivity index is 1.62. The SMILES string of the molecule is Cc1nnc2sc(CCC(=O)Nc3ccc(Cl)cc3Cl)nn12. The van der Waals surface area contributed by atoms with Gasteiger partial charge in [0.25, 0.3) is 0 Å². The van der Waals surface area contributed by atoms with Crippen LogP contribution in [0.15, 0.2) is 18.2 Å². The summed E-state index contributed by atoms with van der Waals surface area (Å²) in [5.41, 5.74) is 0.546. The highest BCUT2D eigenvalue weighted by atomic mass is 35.5. The van der Waals surface area contributed by atoms with Crippen molar-refractivity contribution >= 4 is 51.1 Å². The van der Waals surface area contributed by atoms with Gasteiger partial charge >= 0.3 is 0 Å². The second-order valence-electron chi connectivity index (χ2n) is 4.61. The van der Waals surface area contributed by atoms with E-state index < -0.39 is 0 Å². The van der Waals surface area contributed by atoms with E-state index in [-0.39, 0.29) is 5.91 Å².